The fourth-order valence-corrected chi connectivity index (χ4v) is 3.79. The standard InChI is InChI=1S/C24H32ClN3O2/c1-3-4-17-30-23-8-6-5-7-21(23)24(29)26-18-22(19-9-11-20(25)12-10-19)28-15-13-27(2)14-16-28/h5-12,22H,3-4,13-18H2,1-2H3,(H,26,29)/t22-/m1/s1. The van der Waals surface area contributed by atoms with E-state index in [1.54, 1.807) is 0 Å². The molecule has 0 radical (unpaired) electrons. The lowest BCUT2D eigenvalue weighted by molar-refractivity contribution is 0.0883. The molecule has 1 fully saturated rings. The number of carbonyl (C=O) groups is 1. The molecule has 1 saturated heterocycles. The predicted molar refractivity (Wildman–Crippen MR) is 122 cm³/mol. The van der Waals surface area contributed by atoms with Gasteiger partial charge in [0.05, 0.1) is 18.2 Å². The highest BCUT2D eigenvalue weighted by Gasteiger charge is 2.25. The second-order valence-corrected chi connectivity index (χ2v) is 8.25. The van der Waals surface area contributed by atoms with E-state index in [0.717, 1.165) is 49.6 Å². The molecule has 1 atom stereocenters. The van der Waals surface area contributed by atoms with Gasteiger partial charge in [0, 0.05) is 37.7 Å². The maximum Gasteiger partial charge on any atom is 0.255 e. The van der Waals surface area contributed by atoms with E-state index in [1.165, 1.54) is 0 Å². The van der Waals surface area contributed by atoms with Crippen LogP contribution in [-0.2, 0) is 0 Å². The Labute approximate surface area is 185 Å². The molecule has 5 nitrogen and oxygen atoms in total. The first kappa shape index (κ1) is 22.6. The van der Waals surface area contributed by atoms with Crippen LogP contribution in [0, 0.1) is 0 Å². The minimum atomic E-state index is -0.102. The number of rotatable bonds is 9. The minimum Gasteiger partial charge on any atom is -0.493 e. The van der Waals surface area contributed by atoms with Gasteiger partial charge in [-0.3, -0.25) is 9.69 Å². The number of nitrogens with zero attached hydrogens (tertiary/aromatic N) is 2. The van der Waals surface area contributed by atoms with Crippen LogP contribution in [0.25, 0.3) is 0 Å². The van der Waals surface area contributed by atoms with Crippen LogP contribution in [0.15, 0.2) is 48.5 Å². The summed E-state index contributed by atoms with van der Waals surface area (Å²) in [5.74, 6) is 0.543. The van der Waals surface area contributed by atoms with Crippen LogP contribution in [0.2, 0.25) is 5.02 Å². The van der Waals surface area contributed by atoms with Crippen molar-refractivity contribution in [1.29, 1.82) is 0 Å². The molecule has 0 aliphatic carbocycles. The topological polar surface area (TPSA) is 44.8 Å². The summed E-state index contributed by atoms with van der Waals surface area (Å²) < 4.78 is 5.84. The molecule has 1 aliphatic heterocycles. The summed E-state index contributed by atoms with van der Waals surface area (Å²) in [6, 6.07) is 15.5. The van der Waals surface area contributed by atoms with Crippen molar-refractivity contribution in [2.75, 3.05) is 46.4 Å². The van der Waals surface area contributed by atoms with E-state index < -0.39 is 0 Å². The van der Waals surface area contributed by atoms with Gasteiger partial charge in [-0.15, -0.1) is 0 Å². The third-order valence-electron chi connectivity index (χ3n) is 5.58. The number of piperazine rings is 1. The Balaban J connectivity index is 1.71. The Morgan fingerprint density at radius 3 is 2.50 bits per heavy atom. The van der Waals surface area contributed by atoms with E-state index in [9.17, 15) is 4.79 Å². The molecule has 1 aliphatic rings. The van der Waals surface area contributed by atoms with E-state index in [4.69, 9.17) is 16.3 Å². The molecule has 2 aromatic rings. The Hall–Kier alpha value is -2.08. The van der Waals surface area contributed by atoms with E-state index >= 15 is 0 Å². The van der Waals surface area contributed by atoms with E-state index in [0.29, 0.717) is 24.5 Å². The van der Waals surface area contributed by atoms with Crippen molar-refractivity contribution >= 4 is 17.5 Å². The zero-order valence-corrected chi connectivity index (χ0v) is 18.7. The molecule has 30 heavy (non-hydrogen) atoms. The SMILES string of the molecule is CCCCOc1ccccc1C(=O)NC[C@H](c1ccc(Cl)cc1)N1CCN(C)CC1. The molecule has 162 valence electrons. The number of halogens is 1. The maximum absolute atomic E-state index is 13.0. The summed E-state index contributed by atoms with van der Waals surface area (Å²) in [7, 11) is 2.14. The predicted octanol–water partition coefficient (Wildman–Crippen LogP) is 4.24. The van der Waals surface area contributed by atoms with E-state index in [-0.39, 0.29) is 11.9 Å². The van der Waals surface area contributed by atoms with Gasteiger partial charge in [-0.05, 0) is 43.3 Å². The molecule has 0 aromatic heterocycles. The molecule has 1 heterocycles. The molecular formula is C24H32ClN3O2. The van der Waals surface area contributed by atoms with Gasteiger partial charge in [-0.2, -0.15) is 0 Å². The van der Waals surface area contributed by atoms with Crippen molar-refractivity contribution < 1.29 is 9.53 Å². The number of hydrogen-bond donors (Lipinski definition) is 1. The second-order valence-electron chi connectivity index (χ2n) is 7.81. The highest BCUT2D eigenvalue weighted by Crippen LogP contribution is 2.24. The summed E-state index contributed by atoms with van der Waals surface area (Å²) in [4.78, 5) is 17.8. The zero-order chi connectivity index (χ0) is 21.3. The average molecular weight is 430 g/mol. The number of carbonyl (C=O) groups excluding carboxylic acids is 1. The number of para-hydroxylation sites is 1. The monoisotopic (exact) mass is 429 g/mol. The third kappa shape index (κ3) is 6.21. The third-order valence-corrected chi connectivity index (χ3v) is 5.83. The molecule has 1 N–H and O–H groups in total. The van der Waals surface area contributed by atoms with Crippen molar-refractivity contribution in [3.63, 3.8) is 0 Å². The van der Waals surface area contributed by atoms with Gasteiger partial charge < -0.3 is 15.0 Å². The average Bonchev–Trinajstić information content (AvgIpc) is 2.76. The fourth-order valence-electron chi connectivity index (χ4n) is 3.67. The molecule has 6 heteroatoms. The van der Waals surface area contributed by atoms with Crippen LogP contribution in [0.1, 0.15) is 41.7 Å². The lowest BCUT2D eigenvalue weighted by Gasteiger charge is -2.38. The van der Waals surface area contributed by atoms with Crippen molar-refractivity contribution in [1.82, 2.24) is 15.1 Å². The van der Waals surface area contributed by atoms with Crippen LogP contribution in [0.3, 0.4) is 0 Å². The zero-order valence-electron chi connectivity index (χ0n) is 17.9. The van der Waals surface area contributed by atoms with Crippen LogP contribution in [0.5, 0.6) is 5.75 Å². The minimum absolute atomic E-state index is 0.102. The first-order valence-corrected chi connectivity index (χ1v) is 11.1. The number of nitrogens with one attached hydrogen (secondary N) is 1. The molecule has 3 rings (SSSR count). The Morgan fingerprint density at radius 2 is 1.80 bits per heavy atom. The molecule has 0 spiro atoms. The number of benzene rings is 2. The molecule has 0 saturated carbocycles. The second kappa shape index (κ2) is 11.3. The van der Waals surface area contributed by atoms with Gasteiger partial charge in [0.25, 0.3) is 5.91 Å². The van der Waals surface area contributed by atoms with E-state index in [2.05, 4.69) is 41.2 Å². The van der Waals surface area contributed by atoms with E-state index in [1.807, 2.05) is 36.4 Å². The van der Waals surface area contributed by atoms with Crippen molar-refractivity contribution in [3.8, 4) is 5.75 Å². The summed E-state index contributed by atoms with van der Waals surface area (Å²) in [6.07, 6.45) is 2.03. The van der Waals surface area contributed by atoms with Crippen molar-refractivity contribution in [2.45, 2.75) is 25.8 Å². The quantitative estimate of drug-likeness (QED) is 0.605. The lowest BCUT2D eigenvalue weighted by Crippen LogP contribution is -2.48. The van der Waals surface area contributed by atoms with Crippen LogP contribution < -0.4 is 10.1 Å². The van der Waals surface area contributed by atoms with Gasteiger partial charge in [0.1, 0.15) is 5.75 Å². The molecular weight excluding hydrogens is 398 g/mol. The summed E-state index contributed by atoms with van der Waals surface area (Å²) in [6.45, 7) is 7.26. The molecule has 0 unspecified atom stereocenters. The normalized spacial score (nSPS) is 16.2. The van der Waals surface area contributed by atoms with Gasteiger partial charge in [0.15, 0.2) is 0 Å². The number of ether oxygens (including phenoxy) is 1. The van der Waals surface area contributed by atoms with Crippen molar-refractivity contribution in [2.24, 2.45) is 0 Å². The number of unbranched alkanes of at least 4 members (excludes halogenated alkanes) is 1. The first-order chi connectivity index (χ1) is 14.6. The number of amides is 1. The largest absolute Gasteiger partial charge is 0.493 e. The van der Waals surface area contributed by atoms with Crippen LogP contribution >= 0.6 is 11.6 Å². The summed E-state index contributed by atoms with van der Waals surface area (Å²) in [5.41, 5.74) is 1.75. The van der Waals surface area contributed by atoms with Gasteiger partial charge in [-0.25, -0.2) is 0 Å². The van der Waals surface area contributed by atoms with Gasteiger partial charge >= 0.3 is 0 Å². The van der Waals surface area contributed by atoms with Crippen molar-refractivity contribution in [3.05, 3.63) is 64.7 Å². The smallest absolute Gasteiger partial charge is 0.255 e. The molecule has 1 amide bonds. The Bertz CT molecular complexity index is 804. The fraction of sp³-hybridized carbons (Fsp3) is 0.458. The summed E-state index contributed by atoms with van der Waals surface area (Å²) >= 11 is 6.09. The Morgan fingerprint density at radius 1 is 1.10 bits per heavy atom. The Kier molecular flexibility index (Phi) is 8.55. The molecule has 2 aromatic carbocycles. The van der Waals surface area contributed by atoms with Gasteiger partial charge in [-0.1, -0.05) is 49.2 Å². The van der Waals surface area contributed by atoms with Gasteiger partial charge in [0.2, 0.25) is 0 Å². The highest BCUT2D eigenvalue weighted by molar-refractivity contribution is 6.30. The van der Waals surface area contributed by atoms with Crippen LogP contribution in [0.4, 0.5) is 0 Å². The van der Waals surface area contributed by atoms with Crippen LogP contribution in [-0.4, -0.2) is 62.1 Å². The molecule has 0 bridgehead atoms. The number of likely N-dealkylation sites (N-methyl/N-ethyl adjacent to an activating group) is 1. The summed E-state index contributed by atoms with van der Waals surface area (Å²) in [5, 5.41) is 3.86. The highest BCUT2D eigenvalue weighted by atomic mass is 35.5. The number of hydrogen-bond acceptors (Lipinski definition) is 4. The first-order valence-electron chi connectivity index (χ1n) is 10.8. The maximum atomic E-state index is 13.0. The lowest BCUT2D eigenvalue weighted by atomic mass is 10.0.